The van der Waals surface area contributed by atoms with E-state index < -0.39 is 17.7 Å². The topological polar surface area (TPSA) is 61.4 Å². The molecule has 0 aromatic heterocycles. The number of nitrogens with zero attached hydrogens (tertiary/aromatic N) is 1. The molecule has 2 aromatic carbocycles. The zero-order valence-electron chi connectivity index (χ0n) is 16.5. The summed E-state index contributed by atoms with van der Waals surface area (Å²) in [4.78, 5) is 25.9. The van der Waals surface area contributed by atoms with Crippen LogP contribution < -0.4 is 10.6 Å². The highest BCUT2D eigenvalue weighted by molar-refractivity contribution is 5.89. The van der Waals surface area contributed by atoms with Gasteiger partial charge in [0.05, 0.1) is 6.42 Å². The van der Waals surface area contributed by atoms with Gasteiger partial charge in [0.15, 0.2) is 0 Å². The predicted octanol–water partition coefficient (Wildman–Crippen LogP) is 4.10. The monoisotopic (exact) mass is 419 g/mol. The molecule has 1 heterocycles. The molecule has 0 spiro atoms. The highest BCUT2D eigenvalue weighted by Crippen LogP contribution is 2.21. The number of piperidine rings is 1. The van der Waals surface area contributed by atoms with Crippen LogP contribution in [0.1, 0.15) is 24.8 Å². The fraction of sp³-hybridized carbons (Fsp3) is 0.364. The third-order valence-electron chi connectivity index (χ3n) is 5.20. The van der Waals surface area contributed by atoms with Crippen LogP contribution in [0.25, 0.3) is 0 Å². The van der Waals surface area contributed by atoms with Gasteiger partial charge in [0.25, 0.3) is 0 Å². The minimum absolute atomic E-state index is 0.00592. The molecule has 1 saturated heterocycles. The molecule has 3 rings (SSSR count). The second-order valence-electron chi connectivity index (χ2n) is 7.43. The first-order valence-corrected chi connectivity index (χ1v) is 9.93. The number of hydrogen-bond acceptors (Lipinski definition) is 2. The van der Waals surface area contributed by atoms with Crippen molar-refractivity contribution in [1.29, 1.82) is 0 Å². The summed E-state index contributed by atoms with van der Waals surface area (Å²) in [6, 6.07) is 8.69. The van der Waals surface area contributed by atoms with Gasteiger partial charge in [-0.25, -0.2) is 18.0 Å². The molecule has 0 radical (unpaired) electrons. The number of nitrogens with one attached hydrogen (secondary N) is 2. The van der Waals surface area contributed by atoms with Crippen LogP contribution >= 0.6 is 0 Å². The third-order valence-corrected chi connectivity index (χ3v) is 5.20. The molecule has 2 N–H and O–H groups in total. The van der Waals surface area contributed by atoms with Gasteiger partial charge in [0, 0.05) is 31.4 Å². The molecule has 5 nitrogen and oxygen atoms in total. The second kappa shape index (κ2) is 10.1. The maximum Gasteiger partial charge on any atom is 0.321 e. The van der Waals surface area contributed by atoms with Crippen LogP contribution in [-0.4, -0.2) is 36.5 Å². The molecule has 1 fully saturated rings. The number of carbonyl (C=O) groups is 2. The molecular formula is C22H24F3N3O2. The number of anilines is 1. The molecule has 2 aromatic rings. The molecule has 0 bridgehead atoms. The van der Waals surface area contributed by atoms with Crippen molar-refractivity contribution in [2.24, 2.45) is 5.92 Å². The quantitative estimate of drug-likeness (QED) is 0.741. The molecule has 8 heteroatoms. The van der Waals surface area contributed by atoms with Crippen LogP contribution in [0, 0.1) is 23.4 Å². The van der Waals surface area contributed by atoms with Crippen molar-refractivity contribution in [3.63, 3.8) is 0 Å². The fourth-order valence-electron chi connectivity index (χ4n) is 3.55. The van der Waals surface area contributed by atoms with Crippen LogP contribution in [0.2, 0.25) is 0 Å². The summed E-state index contributed by atoms with van der Waals surface area (Å²) in [7, 11) is 0. The highest BCUT2D eigenvalue weighted by Gasteiger charge is 2.23. The van der Waals surface area contributed by atoms with Crippen molar-refractivity contribution >= 4 is 17.6 Å². The molecular weight excluding hydrogens is 395 g/mol. The van der Waals surface area contributed by atoms with E-state index in [1.807, 2.05) is 0 Å². The largest absolute Gasteiger partial charge is 0.356 e. The van der Waals surface area contributed by atoms with E-state index in [9.17, 15) is 22.8 Å². The molecule has 0 atom stereocenters. The lowest BCUT2D eigenvalue weighted by atomic mass is 9.93. The van der Waals surface area contributed by atoms with Gasteiger partial charge in [-0.3, -0.25) is 4.79 Å². The average Bonchev–Trinajstić information content (AvgIpc) is 2.69. The summed E-state index contributed by atoms with van der Waals surface area (Å²) in [6.45, 7) is 1.54. The zero-order chi connectivity index (χ0) is 21.5. The summed E-state index contributed by atoms with van der Waals surface area (Å²) < 4.78 is 40.1. The standard InChI is InChI=1S/C22H24F3N3O2/c23-17-12-18(24)14-19(13-17)27-22(30)28-9-6-15(7-10-28)5-8-26-21(29)11-16-3-1-2-4-20(16)25/h1-4,12-15H,5-11H2,(H,26,29)(H,27,30). The minimum Gasteiger partial charge on any atom is -0.356 e. The van der Waals surface area contributed by atoms with Crippen molar-refractivity contribution in [3.05, 3.63) is 65.5 Å². The molecule has 1 aliphatic rings. The lowest BCUT2D eigenvalue weighted by Crippen LogP contribution is -2.41. The van der Waals surface area contributed by atoms with Gasteiger partial charge >= 0.3 is 6.03 Å². The van der Waals surface area contributed by atoms with E-state index in [0.717, 1.165) is 37.5 Å². The van der Waals surface area contributed by atoms with E-state index in [1.165, 1.54) is 6.07 Å². The summed E-state index contributed by atoms with van der Waals surface area (Å²) in [5, 5.41) is 5.33. The Bertz CT molecular complexity index is 879. The molecule has 30 heavy (non-hydrogen) atoms. The number of hydrogen-bond donors (Lipinski definition) is 2. The summed E-state index contributed by atoms with van der Waals surface area (Å²) in [6.07, 6.45) is 2.32. The zero-order valence-corrected chi connectivity index (χ0v) is 16.5. The van der Waals surface area contributed by atoms with Crippen LogP contribution in [0.4, 0.5) is 23.7 Å². The maximum atomic E-state index is 13.6. The van der Waals surface area contributed by atoms with Crippen LogP contribution in [0.5, 0.6) is 0 Å². The van der Waals surface area contributed by atoms with E-state index in [1.54, 1.807) is 23.1 Å². The molecule has 1 aliphatic heterocycles. The Hall–Kier alpha value is -3.03. The maximum absolute atomic E-state index is 13.6. The molecule has 0 saturated carbocycles. The van der Waals surface area contributed by atoms with Crippen molar-refractivity contribution in [2.75, 3.05) is 25.0 Å². The summed E-state index contributed by atoms with van der Waals surface area (Å²) >= 11 is 0. The first-order chi connectivity index (χ1) is 14.4. The van der Waals surface area contributed by atoms with Crippen LogP contribution in [-0.2, 0) is 11.2 Å². The summed E-state index contributed by atoms with van der Waals surface area (Å²) in [5.41, 5.74) is 0.449. The fourth-order valence-corrected chi connectivity index (χ4v) is 3.55. The van der Waals surface area contributed by atoms with E-state index in [4.69, 9.17) is 0 Å². The van der Waals surface area contributed by atoms with Gasteiger partial charge in [-0.15, -0.1) is 0 Å². The molecule has 0 unspecified atom stereocenters. The van der Waals surface area contributed by atoms with E-state index in [2.05, 4.69) is 10.6 Å². The van der Waals surface area contributed by atoms with E-state index >= 15 is 0 Å². The Kier molecular flexibility index (Phi) is 7.32. The van der Waals surface area contributed by atoms with Gasteiger partial charge < -0.3 is 15.5 Å². The lowest BCUT2D eigenvalue weighted by molar-refractivity contribution is -0.120. The lowest BCUT2D eigenvalue weighted by Gasteiger charge is -2.32. The van der Waals surface area contributed by atoms with Crippen molar-refractivity contribution in [1.82, 2.24) is 10.2 Å². The average molecular weight is 419 g/mol. The van der Waals surface area contributed by atoms with E-state index in [0.29, 0.717) is 31.1 Å². The normalized spacial score (nSPS) is 14.4. The Morgan fingerprint density at radius 1 is 1.00 bits per heavy atom. The molecule has 0 aliphatic carbocycles. The number of carbonyl (C=O) groups excluding carboxylic acids is 2. The van der Waals surface area contributed by atoms with Crippen LogP contribution in [0.3, 0.4) is 0 Å². The Labute approximate surface area is 173 Å². The Morgan fingerprint density at radius 3 is 2.33 bits per heavy atom. The van der Waals surface area contributed by atoms with Gasteiger partial charge in [0.2, 0.25) is 5.91 Å². The van der Waals surface area contributed by atoms with Gasteiger partial charge in [0.1, 0.15) is 17.5 Å². The van der Waals surface area contributed by atoms with E-state index in [-0.39, 0.29) is 23.8 Å². The number of amides is 3. The third kappa shape index (κ3) is 6.23. The van der Waals surface area contributed by atoms with Crippen LogP contribution in [0.15, 0.2) is 42.5 Å². The number of benzene rings is 2. The highest BCUT2D eigenvalue weighted by atomic mass is 19.1. The number of likely N-dealkylation sites (tertiary alicyclic amines) is 1. The molecule has 160 valence electrons. The number of halogens is 3. The number of rotatable bonds is 6. The first kappa shape index (κ1) is 21.7. The Morgan fingerprint density at radius 2 is 1.67 bits per heavy atom. The first-order valence-electron chi connectivity index (χ1n) is 9.93. The van der Waals surface area contributed by atoms with Crippen molar-refractivity contribution in [3.8, 4) is 0 Å². The van der Waals surface area contributed by atoms with Gasteiger partial charge in [-0.2, -0.15) is 0 Å². The summed E-state index contributed by atoms with van der Waals surface area (Å²) in [5.74, 6) is -1.75. The SMILES string of the molecule is O=C(Cc1ccccc1F)NCCC1CCN(C(=O)Nc2cc(F)cc(F)c2)CC1. The Balaban J connectivity index is 1.36. The van der Waals surface area contributed by atoms with Crippen molar-refractivity contribution in [2.45, 2.75) is 25.7 Å². The van der Waals surface area contributed by atoms with Gasteiger partial charge in [-0.05, 0) is 48.9 Å². The minimum atomic E-state index is -0.749. The second-order valence-corrected chi connectivity index (χ2v) is 7.43. The predicted molar refractivity (Wildman–Crippen MR) is 107 cm³/mol. The smallest absolute Gasteiger partial charge is 0.321 e. The van der Waals surface area contributed by atoms with Crippen molar-refractivity contribution < 1.29 is 22.8 Å². The molecule has 3 amide bonds. The number of urea groups is 1. The van der Waals surface area contributed by atoms with Gasteiger partial charge in [-0.1, -0.05) is 18.2 Å².